The molecule has 0 bridgehead atoms. The van der Waals surface area contributed by atoms with Gasteiger partial charge in [-0.05, 0) is 12.5 Å². The molecule has 1 amide bonds. The van der Waals surface area contributed by atoms with Crippen LogP contribution in [0.3, 0.4) is 0 Å². The van der Waals surface area contributed by atoms with Gasteiger partial charge in [-0.15, -0.1) is 5.10 Å². The third-order valence-corrected chi connectivity index (χ3v) is 3.18. The molecule has 1 aromatic rings. The highest BCUT2D eigenvalue weighted by atomic mass is 32.1. The number of amides is 1. The summed E-state index contributed by atoms with van der Waals surface area (Å²) in [6.45, 7) is 1.38. The molecule has 0 saturated carbocycles. The van der Waals surface area contributed by atoms with Gasteiger partial charge < -0.3 is 20.7 Å². The molecule has 19 heavy (non-hydrogen) atoms. The van der Waals surface area contributed by atoms with Gasteiger partial charge in [0.15, 0.2) is 5.82 Å². The number of thiocarbonyl (C=S) groups is 1. The monoisotopic (exact) mass is 281 g/mol. The van der Waals surface area contributed by atoms with Crippen LogP contribution in [-0.2, 0) is 4.74 Å². The third kappa shape index (κ3) is 3.08. The third-order valence-electron chi connectivity index (χ3n) is 2.96. The summed E-state index contributed by atoms with van der Waals surface area (Å²) in [5, 5.41) is 10.7. The molecule has 2 rings (SSSR count). The minimum atomic E-state index is -0.430. The van der Waals surface area contributed by atoms with Crippen LogP contribution < -0.4 is 16.0 Å². The summed E-state index contributed by atoms with van der Waals surface area (Å²) >= 11 is 5.00. The normalized spacial score (nSPS) is 18.2. The summed E-state index contributed by atoms with van der Waals surface area (Å²) in [5.74, 6) is 0.657. The van der Waals surface area contributed by atoms with Gasteiger partial charge in [-0.25, -0.2) is 4.79 Å². The molecule has 0 radical (unpaired) electrons. The van der Waals surface area contributed by atoms with E-state index in [1.54, 1.807) is 12.3 Å². The highest BCUT2D eigenvalue weighted by Crippen LogP contribution is 2.21. The number of anilines is 1. The summed E-state index contributed by atoms with van der Waals surface area (Å²) in [7, 11) is 1.34. The molecule has 1 unspecified atom stereocenters. The van der Waals surface area contributed by atoms with Gasteiger partial charge in [0, 0.05) is 13.1 Å². The number of aromatic nitrogens is 2. The molecule has 1 aliphatic heterocycles. The summed E-state index contributed by atoms with van der Waals surface area (Å²) in [6, 6.07) is 1.76. The van der Waals surface area contributed by atoms with E-state index in [1.165, 1.54) is 7.11 Å². The molecule has 0 aromatic carbocycles. The van der Waals surface area contributed by atoms with Crippen LogP contribution >= 0.6 is 12.2 Å². The van der Waals surface area contributed by atoms with Crippen molar-refractivity contribution in [3.63, 3.8) is 0 Å². The van der Waals surface area contributed by atoms with E-state index in [0.717, 1.165) is 13.0 Å². The van der Waals surface area contributed by atoms with E-state index in [9.17, 15) is 4.79 Å². The smallest absolute Gasteiger partial charge is 0.407 e. The number of rotatable bonds is 3. The lowest BCUT2D eigenvalue weighted by Crippen LogP contribution is -2.37. The molecule has 1 aromatic heterocycles. The Hall–Kier alpha value is -1.96. The van der Waals surface area contributed by atoms with Crippen LogP contribution in [0.1, 0.15) is 12.0 Å². The standard InChI is InChI=1S/C11H15N5O2S/c1-18-11(17)14-7-3-5-16(6-7)10-8(9(12)19)2-4-13-15-10/h2,4,7H,3,5-6H2,1H3,(H2,12,19)(H,14,17). The zero-order valence-electron chi connectivity index (χ0n) is 10.5. The Labute approximate surface area is 116 Å². The first kappa shape index (κ1) is 13.5. The molecule has 8 heteroatoms. The topological polar surface area (TPSA) is 93.4 Å². The molecule has 2 heterocycles. The van der Waals surface area contributed by atoms with Gasteiger partial charge in [-0.3, -0.25) is 0 Å². The summed E-state index contributed by atoms with van der Waals surface area (Å²) in [4.78, 5) is 13.5. The van der Waals surface area contributed by atoms with Crippen molar-refractivity contribution in [2.75, 3.05) is 25.1 Å². The Bertz CT molecular complexity index is 496. The van der Waals surface area contributed by atoms with E-state index in [1.807, 2.05) is 4.90 Å². The van der Waals surface area contributed by atoms with Crippen LogP contribution in [-0.4, -0.2) is 47.5 Å². The van der Waals surface area contributed by atoms with E-state index in [0.29, 0.717) is 17.9 Å². The molecule has 7 nitrogen and oxygen atoms in total. The van der Waals surface area contributed by atoms with Crippen LogP contribution in [0.5, 0.6) is 0 Å². The predicted molar refractivity (Wildman–Crippen MR) is 74.1 cm³/mol. The second-order valence-electron chi connectivity index (χ2n) is 4.20. The number of nitrogens with two attached hydrogens (primary N) is 1. The maximum absolute atomic E-state index is 11.2. The first-order chi connectivity index (χ1) is 9.11. The minimum Gasteiger partial charge on any atom is -0.453 e. The van der Waals surface area contributed by atoms with E-state index in [-0.39, 0.29) is 11.0 Å². The maximum atomic E-state index is 11.2. The van der Waals surface area contributed by atoms with Gasteiger partial charge in [-0.1, -0.05) is 12.2 Å². The predicted octanol–water partition coefficient (Wildman–Crippen LogP) is 0.0455. The molecule has 3 N–H and O–H groups in total. The number of hydrogen-bond acceptors (Lipinski definition) is 6. The van der Waals surface area contributed by atoms with Crippen LogP contribution in [0.2, 0.25) is 0 Å². The lowest BCUT2D eigenvalue weighted by molar-refractivity contribution is 0.167. The largest absolute Gasteiger partial charge is 0.453 e. The number of methoxy groups -OCH3 is 1. The Morgan fingerprint density at radius 2 is 2.47 bits per heavy atom. The number of alkyl carbamates (subject to hydrolysis) is 1. The second-order valence-corrected chi connectivity index (χ2v) is 4.64. The Morgan fingerprint density at radius 1 is 1.68 bits per heavy atom. The number of nitrogens with one attached hydrogen (secondary N) is 1. The number of nitrogens with zero attached hydrogens (tertiary/aromatic N) is 3. The van der Waals surface area contributed by atoms with Gasteiger partial charge >= 0.3 is 6.09 Å². The summed E-state index contributed by atoms with van der Waals surface area (Å²) in [5.41, 5.74) is 6.36. The number of hydrogen-bond donors (Lipinski definition) is 2. The molecule has 102 valence electrons. The maximum Gasteiger partial charge on any atom is 0.407 e. The molecular weight excluding hydrogens is 266 g/mol. The van der Waals surface area contributed by atoms with Crippen LogP contribution in [0.15, 0.2) is 12.3 Å². The van der Waals surface area contributed by atoms with Crippen LogP contribution in [0, 0.1) is 0 Å². The van der Waals surface area contributed by atoms with Gasteiger partial charge in [0.25, 0.3) is 0 Å². The van der Waals surface area contributed by atoms with Crippen molar-refractivity contribution < 1.29 is 9.53 Å². The Balaban J connectivity index is 2.09. The quantitative estimate of drug-likeness (QED) is 0.756. The zero-order chi connectivity index (χ0) is 13.8. The lowest BCUT2D eigenvalue weighted by Gasteiger charge is -2.19. The second kappa shape index (κ2) is 5.79. The fourth-order valence-corrected chi connectivity index (χ4v) is 2.21. The zero-order valence-corrected chi connectivity index (χ0v) is 11.3. The molecule has 1 atom stereocenters. The molecule has 1 saturated heterocycles. The van der Waals surface area contributed by atoms with Gasteiger partial charge in [0.1, 0.15) is 4.99 Å². The van der Waals surface area contributed by atoms with Crippen molar-refractivity contribution >= 4 is 29.1 Å². The average Bonchev–Trinajstić information content (AvgIpc) is 2.86. The van der Waals surface area contributed by atoms with E-state index < -0.39 is 6.09 Å². The van der Waals surface area contributed by atoms with Crippen molar-refractivity contribution in [3.05, 3.63) is 17.8 Å². The Morgan fingerprint density at radius 3 is 3.16 bits per heavy atom. The number of carbonyl (C=O) groups is 1. The van der Waals surface area contributed by atoms with Crippen molar-refractivity contribution in [1.29, 1.82) is 0 Å². The van der Waals surface area contributed by atoms with Gasteiger partial charge in [0.05, 0.1) is 24.9 Å². The SMILES string of the molecule is COC(=O)NC1CCN(c2nnccc2C(N)=S)C1. The van der Waals surface area contributed by atoms with Gasteiger partial charge in [-0.2, -0.15) is 5.10 Å². The fourth-order valence-electron chi connectivity index (χ4n) is 2.05. The van der Waals surface area contributed by atoms with E-state index in [4.69, 9.17) is 18.0 Å². The minimum absolute atomic E-state index is 0.0219. The van der Waals surface area contributed by atoms with Crippen LogP contribution in [0.25, 0.3) is 0 Å². The molecule has 0 aliphatic carbocycles. The molecular formula is C11H15N5O2S. The summed E-state index contributed by atoms with van der Waals surface area (Å²) < 4.78 is 4.58. The molecule has 1 aliphatic rings. The first-order valence-corrected chi connectivity index (χ1v) is 6.23. The highest BCUT2D eigenvalue weighted by molar-refractivity contribution is 7.80. The molecule has 1 fully saturated rings. The highest BCUT2D eigenvalue weighted by Gasteiger charge is 2.27. The fraction of sp³-hybridized carbons (Fsp3) is 0.455. The van der Waals surface area contributed by atoms with Crippen molar-refractivity contribution in [2.45, 2.75) is 12.5 Å². The summed E-state index contributed by atoms with van der Waals surface area (Å²) in [6.07, 6.45) is 1.93. The number of ether oxygens (including phenoxy) is 1. The van der Waals surface area contributed by atoms with Crippen LogP contribution in [0.4, 0.5) is 10.6 Å². The van der Waals surface area contributed by atoms with Crippen molar-refractivity contribution in [3.8, 4) is 0 Å². The molecule has 0 spiro atoms. The first-order valence-electron chi connectivity index (χ1n) is 5.82. The van der Waals surface area contributed by atoms with Gasteiger partial charge in [0.2, 0.25) is 0 Å². The van der Waals surface area contributed by atoms with Crippen molar-refractivity contribution in [2.24, 2.45) is 5.73 Å². The number of carbonyl (C=O) groups excluding carboxylic acids is 1. The van der Waals surface area contributed by atoms with E-state index >= 15 is 0 Å². The lowest BCUT2D eigenvalue weighted by atomic mass is 10.2. The average molecular weight is 281 g/mol. The van der Waals surface area contributed by atoms with E-state index in [2.05, 4.69) is 20.3 Å². The Kier molecular flexibility index (Phi) is 4.10. The van der Waals surface area contributed by atoms with Crippen molar-refractivity contribution in [1.82, 2.24) is 15.5 Å².